The van der Waals surface area contributed by atoms with Crippen molar-refractivity contribution in [3.8, 4) is 0 Å². The van der Waals surface area contributed by atoms with Crippen LogP contribution in [-0.4, -0.2) is 28.9 Å². The van der Waals surface area contributed by atoms with Gasteiger partial charge in [0, 0.05) is 24.4 Å². The molecule has 1 aromatic carbocycles. The van der Waals surface area contributed by atoms with Gasteiger partial charge in [-0.25, -0.2) is 4.79 Å². The number of amides is 1. The lowest BCUT2D eigenvalue weighted by Gasteiger charge is -2.47. The Balaban J connectivity index is 1.43. The predicted molar refractivity (Wildman–Crippen MR) is 120 cm³/mol. The van der Waals surface area contributed by atoms with Crippen LogP contribution in [0, 0.1) is 5.92 Å². The average molecular weight is 414 g/mol. The summed E-state index contributed by atoms with van der Waals surface area (Å²) in [5.74, 6) is 0.566. The van der Waals surface area contributed by atoms with Crippen molar-refractivity contribution in [1.82, 2.24) is 4.90 Å². The molecule has 166 valence electrons. The van der Waals surface area contributed by atoms with Crippen molar-refractivity contribution in [3.05, 3.63) is 35.9 Å². The van der Waals surface area contributed by atoms with Crippen LogP contribution >= 0.6 is 0 Å². The summed E-state index contributed by atoms with van der Waals surface area (Å²) in [7, 11) is 0. The van der Waals surface area contributed by atoms with E-state index in [0.717, 1.165) is 50.5 Å². The Hall–Kier alpha value is -1.84. The highest BCUT2D eigenvalue weighted by molar-refractivity contribution is 5.81. The Labute approximate surface area is 182 Å². The van der Waals surface area contributed by atoms with Gasteiger partial charge < -0.3 is 9.64 Å². The molecule has 2 aliphatic heterocycles. The standard InChI is InChI=1S/C26H39NO3/c1-2-3-4-5-6-7-11-17-25(28)22-18-23-15-12-16-24(19-22)27(23)26(29)30-20-21-13-9-8-10-14-21/h8-10,13-14,22-24H,2-7,11-12,15-20H2,1H3. The van der Waals surface area contributed by atoms with E-state index in [9.17, 15) is 9.59 Å². The zero-order valence-corrected chi connectivity index (χ0v) is 18.7. The molecule has 0 spiro atoms. The molecule has 2 unspecified atom stereocenters. The molecule has 1 aromatic rings. The third-order valence-corrected chi connectivity index (χ3v) is 6.87. The minimum absolute atomic E-state index is 0.138. The molecule has 2 aliphatic rings. The Morgan fingerprint density at radius 1 is 0.933 bits per heavy atom. The van der Waals surface area contributed by atoms with Gasteiger partial charge in [0.25, 0.3) is 0 Å². The summed E-state index contributed by atoms with van der Waals surface area (Å²) in [6.07, 6.45) is 14.0. The van der Waals surface area contributed by atoms with E-state index in [2.05, 4.69) is 6.92 Å². The molecule has 2 fully saturated rings. The summed E-state index contributed by atoms with van der Waals surface area (Å²) in [5.41, 5.74) is 1.01. The van der Waals surface area contributed by atoms with Crippen molar-refractivity contribution in [1.29, 1.82) is 0 Å². The SMILES string of the molecule is CCCCCCCCCC(=O)C1CC2CCCC(C1)N2C(=O)OCc1ccccc1. The molecule has 3 rings (SSSR count). The zero-order valence-electron chi connectivity index (χ0n) is 18.7. The maximum Gasteiger partial charge on any atom is 0.410 e. The molecule has 2 saturated heterocycles. The van der Waals surface area contributed by atoms with E-state index in [1.54, 1.807) is 0 Å². The van der Waals surface area contributed by atoms with Gasteiger partial charge in [0.2, 0.25) is 0 Å². The zero-order chi connectivity index (χ0) is 21.2. The third kappa shape index (κ3) is 6.58. The first-order chi connectivity index (χ1) is 14.7. The second kappa shape index (κ2) is 12.1. The van der Waals surface area contributed by atoms with Crippen LogP contribution in [0.3, 0.4) is 0 Å². The molecular formula is C26H39NO3. The molecule has 1 amide bonds. The number of ether oxygens (including phenoxy) is 1. The topological polar surface area (TPSA) is 46.6 Å². The second-order valence-electron chi connectivity index (χ2n) is 9.19. The van der Waals surface area contributed by atoms with Gasteiger partial charge in [0.15, 0.2) is 0 Å². The quantitative estimate of drug-likeness (QED) is 0.381. The van der Waals surface area contributed by atoms with Crippen molar-refractivity contribution >= 4 is 11.9 Å². The minimum atomic E-state index is -0.202. The van der Waals surface area contributed by atoms with Crippen molar-refractivity contribution in [2.45, 2.75) is 109 Å². The van der Waals surface area contributed by atoms with Gasteiger partial charge in [-0.15, -0.1) is 0 Å². The number of unbranched alkanes of at least 4 members (excludes halogenated alkanes) is 6. The van der Waals surface area contributed by atoms with Crippen molar-refractivity contribution in [2.75, 3.05) is 0 Å². The van der Waals surface area contributed by atoms with Crippen LogP contribution in [0.4, 0.5) is 4.79 Å². The Kier molecular flexibility index (Phi) is 9.23. The monoisotopic (exact) mass is 413 g/mol. The first-order valence-corrected chi connectivity index (χ1v) is 12.2. The number of rotatable bonds is 11. The van der Waals surface area contributed by atoms with Gasteiger partial charge >= 0.3 is 6.09 Å². The maximum atomic E-state index is 12.8. The van der Waals surface area contributed by atoms with Gasteiger partial charge in [-0.1, -0.05) is 75.8 Å². The summed E-state index contributed by atoms with van der Waals surface area (Å²) in [5, 5.41) is 0. The second-order valence-corrected chi connectivity index (χ2v) is 9.19. The van der Waals surface area contributed by atoms with E-state index in [1.807, 2.05) is 35.2 Å². The number of nitrogens with zero attached hydrogens (tertiary/aromatic N) is 1. The van der Waals surface area contributed by atoms with Crippen molar-refractivity contribution < 1.29 is 14.3 Å². The Bertz CT molecular complexity index is 646. The molecule has 0 radical (unpaired) electrons. The van der Waals surface area contributed by atoms with Crippen LogP contribution in [-0.2, 0) is 16.1 Å². The number of hydrogen-bond donors (Lipinski definition) is 0. The number of ketones is 1. The number of carbonyl (C=O) groups is 2. The van der Waals surface area contributed by atoms with Crippen LogP contribution < -0.4 is 0 Å². The number of Topliss-reactive ketones (excluding diaryl/α,β-unsaturated/α-hetero) is 1. The molecular weight excluding hydrogens is 374 g/mol. The van der Waals surface area contributed by atoms with Gasteiger partial charge in [-0.3, -0.25) is 4.79 Å². The minimum Gasteiger partial charge on any atom is -0.445 e. The fourth-order valence-corrected chi connectivity index (χ4v) is 5.20. The summed E-state index contributed by atoms with van der Waals surface area (Å²) in [6.45, 7) is 2.55. The lowest BCUT2D eigenvalue weighted by Crippen LogP contribution is -2.55. The maximum absolute atomic E-state index is 12.8. The summed E-state index contributed by atoms with van der Waals surface area (Å²) >= 11 is 0. The van der Waals surface area contributed by atoms with Gasteiger partial charge in [-0.05, 0) is 44.1 Å². The van der Waals surface area contributed by atoms with Crippen molar-refractivity contribution in [2.24, 2.45) is 5.92 Å². The van der Waals surface area contributed by atoms with E-state index >= 15 is 0 Å². The summed E-state index contributed by atoms with van der Waals surface area (Å²) in [4.78, 5) is 27.6. The largest absolute Gasteiger partial charge is 0.445 e. The average Bonchev–Trinajstić information content (AvgIpc) is 2.76. The van der Waals surface area contributed by atoms with E-state index in [4.69, 9.17) is 4.74 Å². The van der Waals surface area contributed by atoms with Crippen LogP contribution in [0.15, 0.2) is 30.3 Å². The normalized spacial score (nSPS) is 23.2. The molecule has 2 atom stereocenters. The molecule has 2 heterocycles. The van der Waals surface area contributed by atoms with Gasteiger partial charge in [-0.2, -0.15) is 0 Å². The van der Waals surface area contributed by atoms with Crippen LogP contribution in [0.25, 0.3) is 0 Å². The molecule has 0 aliphatic carbocycles. The number of fused-ring (bicyclic) bond motifs is 2. The smallest absolute Gasteiger partial charge is 0.410 e. The van der Waals surface area contributed by atoms with Gasteiger partial charge in [0.1, 0.15) is 12.4 Å². The van der Waals surface area contributed by atoms with E-state index < -0.39 is 0 Å². The molecule has 0 N–H and O–H groups in total. The Morgan fingerprint density at radius 3 is 2.23 bits per heavy atom. The summed E-state index contributed by atoms with van der Waals surface area (Å²) in [6, 6.07) is 10.2. The first-order valence-electron chi connectivity index (χ1n) is 12.2. The third-order valence-electron chi connectivity index (χ3n) is 6.87. The highest BCUT2D eigenvalue weighted by atomic mass is 16.6. The van der Waals surface area contributed by atoms with Crippen LogP contribution in [0.1, 0.15) is 96.0 Å². The number of carbonyl (C=O) groups excluding carboxylic acids is 2. The lowest BCUT2D eigenvalue weighted by atomic mass is 9.76. The fraction of sp³-hybridized carbons (Fsp3) is 0.692. The highest BCUT2D eigenvalue weighted by Crippen LogP contribution is 2.38. The molecule has 4 heteroatoms. The van der Waals surface area contributed by atoms with E-state index in [-0.39, 0.29) is 24.1 Å². The highest BCUT2D eigenvalue weighted by Gasteiger charge is 2.43. The molecule has 0 aromatic heterocycles. The number of hydrogen-bond acceptors (Lipinski definition) is 3. The number of benzene rings is 1. The van der Waals surface area contributed by atoms with Crippen LogP contribution in [0.5, 0.6) is 0 Å². The molecule has 2 bridgehead atoms. The van der Waals surface area contributed by atoms with E-state index in [0.29, 0.717) is 12.4 Å². The molecule has 30 heavy (non-hydrogen) atoms. The van der Waals surface area contributed by atoms with E-state index in [1.165, 1.54) is 38.5 Å². The van der Waals surface area contributed by atoms with Crippen LogP contribution in [0.2, 0.25) is 0 Å². The first kappa shape index (κ1) is 22.8. The lowest BCUT2D eigenvalue weighted by molar-refractivity contribution is -0.126. The predicted octanol–water partition coefficient (Wildman–Crippen LogP) is 6.67. The fourth-order valence-electron chi connectivity index (χ4n) is 5.20. The van der Waals surface area contributed by atoms with Gasteiger partial charge in [0.05, 0.1) is 0 Å². The Morgan fingerprint density at radius 2 is 1.57 bits per heavy atom. The molecule has 4 nitrogen and oxygen atoms in total. The number of piperidine rings is 2. The summed E-state index contributed by atoms with van der Waals surface area (Å²) < 4.78 is 5.62. The molecule has 0 saturated carbocycles. The van der Waals surface area contributed by atoms with Crippen molar-refractivity contribution in [3.63, 3.8) is 0 Å².